The van der Waals surface area contributed by atoms with E-state index in [2.05, 4.69) is 20.3 Å². The number of ether oxygens (including phenoxy) is 1. The van der Waals surface area contributed by atoms with Crippen LogP contribution in [0.1, 0.15) is 24.5 Å². The summed E-state index contributed by atoms with van der Waals surface area (Å²) in [5, 5.41) is 3.87. The van der Waals surface area contributed by atoms with E-state index in [0.717, 1.165) is 34.3 Å². The number of para-hydroxylation sites is 1. The predicted octanol–water partition coefficient (Wildman–Crippen LogP) is 3.93. The molecule has 7 nitrogen and oxygen atoms in total. The first-order valence-electron chi connectivity index (χ1n) is 10.1. The number of pyridine rings is 2. The summed E-state index contributed by atoms with van der Waals surface area (Å²) in [7, 11) is 0. The summed E-state index contributed by atoms with van der Waals surface area (Å²) in [4.78, 5) is 25.3. The third kappa shape index (κ3) is 5.14. The minimum Gasteiger partial charge on any atom is -0.477 e. The fourth-order valence-electron chi connectivity index (χ4n) is 3.03. The van der Waals surface area contributed by atoms with Crippen LogP contribution in [-0.4, -0.2) is 32.0 Å². The number of nitrogens with zero attached hydrogens (tertiary/aromatic N) is 4. The van der Waals surface area contributed by atoms with E-state index >= 15 is 0 Å². The lowest BCUT2D eigenvalue weighted by Gasteiger charge is -2.09. The molecular weight excluding hydrogens is 390 g/mol. The van der Waals surface area contributed by atoms with E-state index in [-0.39, 0.29) is 5.91 Å². The first kappa shape index (κ1) is 20.3. The van der Waals surface area contributed by atoms with Gasteiger partial charge in [-0.3, -0.25) is 9.36 Å². The highest BCUT2D eigenvalue weighted by Gasteiger charge is 2.07. The number of amides is 1. The second-order valence-corrected chi connectivity index (χ2v) is 6.97. The average Bonchev–Trinajstić information content (AvgIpc) is 3.35. The Kier molecular flexibility index (Phi) is 6.32. The number of hydrogen-bond acceptors (Lipinski definition) is 5. The van der Waals surface area contributed by atoms with Crippen LogP contribution < -0.4 is 10.1 Å². The van der Waals surface area contributed by atoms with Gasteiger partial charge in [-0.1, -0.05) is 31.2 Å². The van der Waals surface area contributed by atoms with Gasteiger partial charge in [0.1, 0.15) is 12.1 Å². The molecule has 0 aliphatic heterocycles. The molecule has 0 spiro atoms. The Morgan fingerprint density at radius 1 is 1.23 bits per heavy atom. The van der Waals surface area contributed by atoms with Gasteiger partial charge in [-0.15, -0.1) is 0 Å². The third-order valence-electron chi connectivity index (χ3n) is 4.62. The van der Waals surface area contributed by atoms with Crippen molar-refractivity contribution in [3.8, 4) is 11.7 Å². The lowest BCUT2D eigenvalue weighted by molar-refractivity contribution is -0.116. The number of hydrogen-bond donors (Lipinski definition) is 1. The highest BCUT2D eigenvalue weighted by molar-refractivity contribution is 5.93. The summed E-state index contributed by atoms with van der Waals surface area (Å²) in [6.45, 7) is 3.00. The lowest BCUT2D eigenvalue weighted by Crippen LogP contribution is -2.20. The lowest BCUT2D eigenvalue weighted by atomic mass is 10.1. The van der Waals surface area contributed by atoms with E-state index in [1.807, 2.05) is 60.2 Å². The fourth-order valence-corrected chi connectivity index (χ4v) is 3.03. The Labute approximate surface area is 180 Å². The van der Waals surface area contributed by atoms with E-state index in [1.165, 1.54) is 6.08 Å². The molecule has 3 aromatic heterocycles. The van der Waals surface area contributed by atoms with Gasteiger partial charge in [-0.2, -0.15) is 0 Å². The molecule has 156 valence electrons. The monoisotopic (exact) mass is 413 g/mol. The molecule has 0 fully saturated rings. The number of aromatic nitrogens is 4. The van der Waals surface area contributed by atoms with E-state index in [1.54, 1.807) is 24.8 Å². The van der Waals surface area contributed by atoms with Crippen molar-refractivity contribution in [3.05, 3.63) is 84.6 Å². The molecule has 1 aromatic carbocycles. The quantitative estimate of drug-likeness (QED) is 0.443. The van der Waals surface area contributed by atoms with Gasteiger partial charge >= 0.3 is 0 Å². The maximum Gasteiger partial charge on any atom is 0.244 e. The second kappa shape index (κ2) is 9.67. The molecule has 3 heterocycles. The first-order chi connectivity index (χ1) is 15.2. The van der Waals surface area contributed by atoms with Crippen molar-refractivity contribution < 1.29 is 9.53 Å². The molecule has 31 heavy (non-hydrogen) atoms. The highest BCUT2D eigenvalue weighted by atomic mass is 16.5. The van der Waals surface area contributed by atoms with Gasteiger partial charge in [0, 0.05) is 42.2 Å². The summed E-state index contributed by atoms with van der Waals surface area (Å²) >= 11 is 0. The predicted molar refractivity (Wildman–Crippen MR) is 120 cm³/mol. The molecule has 4 rings (SSSR count). The van der Waals surface area contributed by atoms with Crippen LogP contribution in [0.15, 0.2) is 73.5 Å². The third-order valence-corrected chi connectivity index (χ3v) is 4.62. The molecule has 0 saturated carbocycles. The molecule has 7 heteroatoms. The van der Waals surface area contributed by atoms with Crippen molar-refractivity contribution in [2.24, 2.45) is 0 Å². The van der Waals surface area contributed by atoms with Crippen LogP contribution in [0, 0.1) is 0 Å². The van der Waals surface area contributed by atoms with Crippen LogP contribution in [0.4, 0.5) is 0 Å². The van der Waals surface area contributed by atoms with Crippen LogP contribution in [0.3, 0.4) is 0 Å². The molecule has 0 aliphatic carbocycles. The van der Waals surface area contributed by atoms with Gasteiger partial charge in [0.2, 0.25) is 11.8 Å². The molecule has 1 N–H and O–H groups in total. The van der Waals surface area contributed by atoms with E-state index in [4.69, 9.17) is 4.74 Å². The molecular formula is C24H23N5O2. The van der Waals surface area contributed by atoms with Crippen molar-refractivity contribution in [2.75, 3.05) is 6.61 Å². The molecule has 4 aromatic rings. The molecule has 0 unspecified atom stereocenters. The Morgan fingerprint density at radius 2 is 2.13 bits per heavy atom. The molecule has 0 aliphatic rings. The van der Waals surface area contributed by atoms with Crippen molar-refractivity contribution >= 4 is 22.9 Å². The van der Waals surface area contributed by atoms with Crippen molar-refractivity contribution in [3.63, 3.8) is 0 Å². The molecule has 0 radical (unpaired) electrons. The van der Waals surface area contributed by atoms with E-state index in [0.29, 0.717) is 19.0 Å². The summed E-state index contributed by atoms with van der Waals surface area (Å²) in [5.41, 5.74) is 2.54. The smallest absolute Gasteiger partial charge is 0.244 e. The Morgan fingerprint density at radius 3 is 2.90 bits per heavy atom. The van der Waals surface area contributed by atoms with Gasteiger partial charge in [0.25, 0.3) is 0 Å². The maximum atomic E-state index is 12.3. The van der Waals surface area contributed by atoms with Crippen LogP contribution in [0.5, 0.6) is 5.88 Å². The number of rotatable bonds is 8. The number of imidazole rings is 1. The number of benzene rings is 1. The van der Waals surface area contributed by atoms with Crippen molar-refractivity contribution in [1.29, 1.82) is 0 Å². The average molecular weight is 413 g/mol. The van der Waals surface area contributed by atoms with E-state index in [9.17, 15) is 4.79 Å². The van der Waals surface area contributed by atoms with Gasteiger partial charge in [-0.05, 0) is 36.3 Å². The van der Waals surface area contributed by atoms with Gasteiger partial charge in [0.15, 0.2) is 0 Å². The molecule has 0 atom stereocenters. The minimum absolute atomic E-state index is 0.201. The standard InChI is InChI=1S/C24H23N5O2/c1-2-13-31-24-20(14-19-5-3-4-6-21(19)28-24)8-10-23(30)27-16-18-7-9-22(26-15-18)29-12-11-25-17-29/h3-12,14-15,17H,2,13,16H2,1H3,(H,27,30)/b10-8+. The van der Waals surface area contributed by atoms with Crippen LogP contribution in [-0.2, 0) is 11.3 Å². The minimum atomic E-state index is -0.201. The summed E-state index contributed by atoms with van der Waals surface area (Å²) in [6.07, 6.45) is 11.1. The number of fused-ring (bicyclic) bond motifs is 1. The number of nitrogens with one attached hydrogen (secondary N) is 1. The topological polar surface area (TPSA) is 81.9 Å². The number of carbonyl (C=O) groups is 1. The first-order valence-corrected chi connectivity index (χ1v) is 10.1. The summed E-state index contributed by atoms with van der Waals surface area (Å²) in [6, 6.07) is 13.6. The maximum absolute atomic E-state index is 12.3. The zero-order valence-corrected chi connectivity index (χ0v) is 17.2. The summed E-state index contributed by atoms with van der Waals surface area (Å²) < 4.78 is 7.61. The second-order valence-electron chi connectivity index (χ2n) is 6.97. The Balaban J connectivity index is 1.42. The zero-order chi connectivity index (χ0) is 21.5. The SMILES string of the molecule is CCCOc1nc2ccccc2cc1/C=C/C(=O)NCc1ccc(-n2ccnc2)nc1. The van der Waals surface area contributed by atoms with Gasteiger partial charge in [0.05, 0.1) is 12.1 Å². The van der Waals surface area contributed by atoms with E-state index < -0.39 is 0 Å². The Hall–Kier alpha value is -4.00. The fraction of sp³-hybridized carbons (Fsp3) is 0.167. The van der Waals surface area contributed by atoms with Gasteiger partial charge < -0.3 is 10.1 Å². The van der Waals surface area contributed by atoms with Crippen LogP contribution in [0.25, 0.3) is 22.8 Å². The largest absolute Gasteiger partial charge is 0.477 e. The van der Waals surface area contributed by atoms with Crippen molar-refractivity contribution in [2.45, 2.75) is 19.9 Å². The molecule has 0 saturated heterocycles. The Bertz CT molecular complexity index is 1180. The normalized spacial score (nSPS) is 11.1. The molecule has 0 bridgehead atoms. The highest BCUT2D eigenvalue weighted by Crippen LogP contribution is 2.23. The van der Waals surface area contributed by atoms with Crippen molar-refractivity contribution in [1.82, 2.24) is 24.8 Å². The van der Waals surface area contributed by atoms with Gasteiger partial charge in [-0.25, -0.2) is 15.0 Å². The number of carbonyl (C=O) groups excluding carboxylic acids is 1. The van der Waals surface area contributed by atoms with Crippen LogP contribution >= 0.6 is 0 Å². The zero-order valence-electron chi connectivity index (χ0n) is 17.2. The van der Waals surface area contributed by atoms with Crippen LogP contribution in [0.2, 0.25) is 0 Å². The molecule has 1 amide bonds. The summed E-state index contributed by atoms with van der Waals surface area (Å²) in [5.74, 6) is 1.10.